The number of hydrogen-bond donors (Lipinski definition) is 0. The molecule has 0 aromatic rings. The molecule has 0 bridgehead atoms. The van der Waals surface area contributed by atoms with Gasteiger partial charge in [0.15, 0.2) is 5.78 Å². The van der Waals surface area contributed by atoms with Gasteiger partial charge >= 0.3 is 0 Å². The van der Waals surface area contributed by atoms with Crippen molar-refractivity contribution in [3.63, 3.8) is 0 Å². The van der Waals surface area contributed by atoms with Gasteiger partial charge < -0.3 is 0 Å². The Morgan fingerprint density at radius 1 is 1.71 bits per heavy atom. The van der Waals surface area contributed by atoms with E-state index in [4.69, 9.17) is 0 Å². The molecule has 0 aliphatic heterocycles. The van der Waals surface area contributed by atoms with Crippen LogP contribution >= 0.6 is 0 Å². The van der Waals surface area contributed by atoms with Gasteiger partial charge in [-0.1, -0.05) is 0 Å². The molecule has 7 heavy (non-hydrogen) atoms. The van der Waals surface area contributed by atoms with E-state index in [9.17, 15) is 9.18 Å². The summed E-state index contributed by atoms with van der Waals surface area (Å²) >= 11 is 0. The molecule has 0 unspecified atom stereocenters. The van der Waals surface area contributed by atoms with Crippen molar-refractivity contribution in [3.8, 4) is 0 Å². The first-order valence-electron chi connectivity index (χ1n) is 2.28. The summed E-state index contributed by atoms with van der Waals surface area (Å²) in [7, 11) is 0. The van der Waals surface area contributed by atoms with Crippen molar-refractivity contribution in [1.82, 2.24) is 0 Å². The predicted molar refractivity (Wildman–Crippen MR) is 23.5 cm³/mol. The summed E-state index contributed by atoms with van der Waals surface area (Å²) in [6.07, 6.45) is 1.67. The molecule has 0 aromatic heterocycles. The van der Waals surface area contributed by atoms with Crippen LogP contribution in [0, 0.1) is 5.92 Å². The number of rotatable bonds is 2. The van der Waals surface area contributed by atoms with Gasteiger partial charge in [0.25, 0.3) is 0 Å². The van der Waals surface area contributed by atoms with E-state index in [1.54, 1.807) is 0 Å². The molecular formula is C5H6FO. The largest absolute Gasteiger partial charge is 0.296 e. The topological polar surface area (TPSA) is 17.1 Å². The minimum Gasteiger partial charge on any atom is -0.296 e. The molecule has 0 spiro atoms. The van der Waals surface area contributed by atoms with E-state index in [0.717, 1.165) is 18.8 Å². The van der Waals surface area contributed by atoms with Gasteiger partial charge in [-0.25, -0.2) is 4.39 Å². The van der Waals surface area contributed by atoms with E-state index in [1.807, 2.05) is 0 Å². The van der Waals surface area contributed by atoms with E-state index >= 15 is 0 Å². The SMILES string of the molecule is O=C(CF)[C]1CC1. The lowest BCUT2D eigenvalue weighted by molar-refractivity contribution is -0.117. The lowest BCUT2D eigenvalue weighted by Crippen LogP contribution is -1.98. The Hall–Kier alpha value is -0.400. The van der Waals surface area contributed by atoms with Crippen molar-refractivity contribution in [3.05, 3.63) is 5.92 Å². The summed E-state index contributed by atoms with van der Waals surface area (Å²) in [5, 5.41) is 0. The number of carbonyl (C=O) groups is 1. The van der Waals surface area contributed by atoms with Crippen molar-refractivity contribution in [2.45, 2.75) is 12.8 Å². The van der Waals surface area contributed by atoms with E-state index in [1.165, 1.54) is 0 Å². The maximum Gasteiger partial charge on any atom is 0.170 e. The summed E-state index contributed by atoms with van der Waals surface area (Å²) in [4.78, 5) is 10.2. The zero-order valence-corrected chi connectivity index (χ0v) is 3.91. The van der Waals surface area contributed by atoms with Crippen molar-refractivity contribution in [1.29, 1.82) is 0 Å². The van der Waals surface area contributed by atoms with Crippen LogP contribution in [0.25, 0.3) is 0 Å². The highest BCUT2D eigenvalue weighted by Gasteiger charge is 2.29. The molecule has 0 amide bonds. The average molecular weight is 101 g/mol. The third kappa shape index (κ3) is 0.981. The number of Topliss-reactive ketones (excluding diaryl/α,β-unsaturated/α-hetero) is 1. The second kappa shape index (κ2) is 1.60. The molecule has 1 aliphatic rings. The highest BCUT2D eigenvalue weighted by atomic mass is 19.1. The lowest BCUT2D eigenvalue weighted by Gasteiger charge is -1.81. The lowest BCUT2D eigenvalue weighted by atomic mass is 10.3. The van der Waals surface area contributed by atoms with E-state index in [0.29, 0.717) is 0 Å². The monoisotopic (exact) mass is 101 g/mol. The number of alkyl halides is 1. The molecular weight excluding hydrogens is 95.1 g/mol. The van der Waals surface area contributed by atoms with Gasteiger partial charge in [0, 0.05) is 5.92 Å². The summed E-state index contributed by atoms with van der Waals surface area (Å²) in [6.45, 7) is -0.796. The van der Waals surface area contributed by atoms with Crippen LogP contribution in [0.3, 0.4) is 0 Å². The minimum atomic E-state index is -0.796. The second-order valence-corrected chi connectivity index (χ2v) is 1.66. The molecule has 1 aliphatic carbocycles. The zero-order chi connectivity index (χ0) is 5.28. The van der Waals surface area contributed by atoms with Gasteiger partial charge in [-0.3, -0.25) is 4.79 Å². The van der Waals surface area contributed by atoms with Gasteiger partial charge in [-0.05, 0) is 12.8 Å². The molecule has 1 fully saturated rings. The molecule has 0 saturated heterocycles. The fourth-order valence-electron chi connectivity index (χ4n) is 0.436. The highest BCUT2D eigenvalue weighted by molar-refractivity contribution is 5.95. The molecule has 0 N–H and O–H groups in total. The summed E-state index contributed by atoms with van der Waals surface area (Å²) in [5.74, 6) is 0.488. The highest BCUT2D eigenvalue weighted by Crippen LogP contribution is 2.32. The maximum atomic E-state index is 11.3. The zero-order valence-electron chi connectivity index (χ0n) is 3.91. The molecule has 1 nitrogen and oxygen atoms in total. The van der Waals surface area contributed by atoms with E-state index in [2.05, 4.69) is 0 Å². The van der Waals surface area contributed by atoms with Gasteiger partial charge in [-0.15, -0.1) is 0 Å². The van der Waals surface area contributed by atoms with Gasteiger partial charge in [-0.2, -0.15) is 0 Å². The molecule has 1 saturated carbocycles. The van der Waals surface area contributed by atoms with Crippen LogP contribution in [0.5, 0.6) is 0 Å². The first-order valence-corrected chi connectivity index (χ1v) is 2.28. The van der Waals surface area contributed by atoms with Crippen LogP contribution in [0.2, 0.25) is 0 Å². The van der Waals surface area contributed by atoms with Crippen LogP contribution in [0.15, 0.2) is 0 Å². The van der Waals surface area contributed by atoms with Gasteiger partial charge in [0.2, 0.25) is 0 Å². The molecule has 0 aromatic carbocycles. The van der Waals surface area contributed by atoms with Gasteiger partial charge in [0.05, 0.1) is 0 Å². The molecule has 1 rings (SSSR count). The molecule has 0 heterocycles. The molecule has 2 heteroatoms. The normalized spacial score (nSPS) is 19.6. The Morgan fingerprint density at radius 3 is 2.43 bits per heavy atom. The minimum absolute atomic E-state index is 0.292. The van der Waals surface area contributed by atoms with Crippen molar-refractivity contribution in [2.75, 3.05) is 6.67 Å². The average Bonchev–Trinajstić information content (AvgIpc) is 2.44. The fraction of sp³-hybridized carbons (Fsp3) is 0.600. The summed E-state index contributed by atoms with van der Waals surface area (Å²) in [6, 6.07) is 0. The van der Waals surface area contributed by atoms with Crippen LogP contribution < -0.4 is 0 Å². The number of hydrogen-bond acceptors (Lipinski definition) is 1. The fourth-order valence-corrected chi connectivity index (χ4v) is 0.436. The van der Waals surface area contributed by atoms with Crippen molar-refractivity contribution < 1.29 is 9.18 Å². The third-order valence-electron chi connectivity index (χ3n) is 1.02. The van der Waals surface area contributed by atoms with Crippen molar-refractivity contribution >= 4 is 5.78 Å². The van der Waals surface area contributed by atoms with Crippen molar-refractivity contribution in [2.24, 2.45) is 0 Å². The van der Waals surface area contributed by atoms with Gasteiger partial charge in [0.1, 0.15) is 6.67 Å². The molecule has 1 radical (unpaired) electrons. The quantitative estimate of drug-likeness (QED) is 0.505. The maximum absolute atomic E-state index is 11.3. The number of halogens is 1. The molecule has 0 atom stereocenters. The third-order valence-corrected chi connectivity index (χ3v) is 1.02. The summed E-state index contributed by atoms with van der Waals surface area (Å²) < 4.78 is 11.3. The Bertz CT molecular complexity index is 86.1. The predicted octanol–water partition coefficient (Wildman–Crippen LogP) is 0.893. The van der Waals surface area contributed by atoms with Crippen LogP contribution in [-0.2, 0) is 4.79 Å². The van der Waals surface area contributed by atoms with Crippen LogP contribution in [0.1, 0.15) is 12.8 Å². The van der Waals surface area contributed by atoms with E-state index in [-0.39, 0.29) is 5.78 Å². The summed E-state index contributed by atoms with van der Waals surface area (Å²) in [5.41, 5.74) is 0. The second-order valence-electron chi connectivity index (χ2n) is 1.66. The Balaban J connectivity index is 2.24. The number of carbonyl (C=O) groups excluding carboxylic acids is 1. The standard InChI is InChI=1S/C5H6FO/c6-3-5(7)4-1-2-4/h1-3H2. The first-order chi connectivity index (χ1) is 3.34. The Kier molecular flexibility index (Phi) is 1.09. The first kappa shape index (κ1) is 4.75. The van der Waals surface area contributed by atoms with Crippen LogP contribution in [0.4, 0.5) is 4.39 Å². The Labute approximate surface area is 41.5 Å². The Morgan fingerprint density at radius 2 is 2.29 bits per heavy atom. The molecule has 39 valence electrons. The smallest absolute Gasteiger partial charge is 0.170 e. The number of ketones is 1. The van der Waals surface area contributed by atoms with E-state index < -0.39 is 6.67 Å². The van der Waals surface area contributed by atoms with Crippen LogP contribution in [-0.4, -0.2) is 12.5 Å².